The zero-order chi connectivity index (χ0) is 23.8. The molecule has 31 heavy (non-hydrogen) atoms. The standard InChI is InChI=1S/C20H26BrNO.C4H4O4/c1-5-14-22(4)15-13-16(2)7-6-8-17(3)20(23)18-9-11-19(21)12-10-18;5-3(6)1-2-4(7)8/h5,8-13H,1,6-7,14-15H2,2-4H3;1-2H,(H,5,6)(H,7,8)/b16-13+,17-8+;2-1+. The normalized spacial score (nSPS) is 11.8. The summed E-state index contributed by atoms with van der Waals surface area (Å²) >= 11 is 3.38. The first-order chi connectivity index (χ1) is 14.6. The molecule has 0 unspecified atom stereocenters. The van der Waals surface area contributed by atoms with Crippen LogP contribution in [0.1, 0.15) is 37.0 Å². The van der Waals surface area contributed by atoms with Crippen LogP contribution in [0, 0.1) is 0 Å². The van der Waals surface area contributed by atoms with E-state index in [-0.39, 0.29) is 5.78 Å². The van der Waals surface area contributed by atoms with Crippen LogP contribution in [0.15, 0.2) is 76.8 Å². The van der Waals surface area contributed by atoms with Gasteiger partial charge >= 0.3 is 11.9 Å². The van der Waals surface area contributed by atoms with Gasteiger partial charge in [-0.2, -0.15) is 0 Å². The van der Waals surface area contributed by atoms with Crippen molar-refractivity contribution in [2.75, 3.05) is 20.1 Å². The maximum atomic E-state index is 12.3. The molecule has 1 aromatic rings. The minimum absolute atomic E-state index is 0.102. The van der Waals surface area contributed by atoms with Crippen LogP contribution in [0.25, 0.3) is 0 Å². The predicted molar refractivity (Wildman–Crippen MR) is 127 cm³/mol. The second kappa shape index (κ2) is 16.0. The molecule has 1 rings (SSSR count). The van der Waals surface area contributed by atoms with Crippen LogP contribution in [0.3, 0.4) is 0 Å². The van der Waals surface area contributed by atoms with Crippen molar-refractivity contribution in [3.63, 3.8) is 0 Å². The number of Topliss-reactive ketones (excluding diaryl/α,β-unsaturated/α-hetero) is 1. The Balaban J connectivity index is 0.000000954. The Kier molecular flexibility index (Phi) is 14.6. The van der Waals surface area contributed by atoms with Gasteiger partial charge in [0.15, 0.2) is 5.78 Å². The zero-order valence-corrected chi connectivity index (χ0v) is 19.8. The molecule has 0 aromatic heterocycles. The molecule has 1 aromatic carbocycles. The number of carboxylic acids is 2. The molecule has 7 heteroatoms. The van der Waals surface area contributed by atoms with Gasteiger partial charge < -0.3 is 10.2 Å². The third kappa shape index (κ3) is 14.8. The van der Waals surface area contributed by atoms with Crippen molar-refractivity contribution in [1.29, 1.82) is 0 Å². The van der Waals surface area contributed by atoms with Gasteiger partial charge in [0.1, 0.15) is 0 Å². The van der Waals surface area contributed by atoms with Crippen molar-refractivity contribution in [1.82, 2.24) is 4.90 Å². The van der Waals surface area contributed by atoms with E-state index in [0.717, 1.165) is 41.5 Å². The van der Waals surface area contributed by atoms with Crippen LogP contribution in [-0.2, 0) is 9.59 Å². The summed E-state index contributed by atoms with van der Waals surface area (Å²) in [5.74, 6) is -2.41. The Morgan fingerprint density at radius 2 is 1.55 bits per heavy atom. The second-order valence-electron chi connectivity index (χ2n) is 6.83. The molecule has 0 aliphatic heterocycles. The van der Waals surface area contributed by atoms with E-state index in [9.17, 15) is 14.4 Å². The summed E-state index contributed by atoms with van der Waals surface area (Å²) in [6, 6.07) is 7.50. The van der Waals surface area contributed by atoms with E-state index in [0.29, 0.717) is 12.2 Å². The molecule has 0 spiro atoms. The largest absolute Gasteiger partial charge is 0.478 e. The van der Waals surface area contributed by atoms with Gasteiger partial charge in [0.05, 0.1) is 0 Å². The first kappa shape index (κ1) is 28.2. The highest BCUT2D eigenvalue weighted by molar-refractivity contribution is 9.10. The first-order valence-electron chi connectivity index (χ1n) is 9.62. The molecule has 6 nitrogen and oxygen atoms in total. The van der Waals surface area contributed by atoms with Gasteiger partial charge in [-0.3, -0.25) is 9.69 Å². The van der Waals surface area contributed by atoms with Gasteiger partial charge in [0.2, 0.25) is 0 Å². The third-order valence-electron chi connectivity index (χ3n) is 4.01. The lowest BCUT2D eigenvalue weighted by atomic mass is 10.0. The number of hydrogen-bond donors (Lipinski definition) is 2. The summed E-state index contributed by atoms with van der Waals surface area (Å²) in [6.45, 7) is 9.59. The summed E-state index contributed by atoms with van der Waals surface area (Å²) in [5, 5.41) is 15.6. The van der Waals surface area contributed by atoms with Gasteiger partial charge in [-0.25, -0.2) is 9.59 Å². The molecule has 0 saturated carbocycles. The highest BCUT2D eigenvalue weighted by Crippen LogP contribution is 2.15. The summed E-state index contributed by atoms with van der Waals surface area (Å²) in [7, 11) is 2.08. The van der Waals surface area contributed by atoms with E-state index in [4.69, 9.17) is 10.2 Å². The number of allylic oxidation sites excluding steroid dienone is 3. The molecule has 0 fully saturated rings. The van der Waals surface area contributed by atoms with E-state index in [2.05, 4.69) is 47.5 Å². The molecular formula is C24H30BrNO5. The molecule has 0 heterocycles. The smallest absolute Gasteiger partial charge is 0.328 e. The van der Waals surface area contributed by atoms with E-state index >= 15 is 0 Å². The molecule has 0 bridgehead atoms. The lowest BCUT2D eigenvalue weighted by molar-refractivity contribution is -0.134. The number of likely N-dealkylation sites (N-methyl/N-ethyl adjacent to an activating group) is 1. The van der Waals surface area contributed by atoms with Crippen molar-refractivity contribution < 1.29 is 24.6 Å². The van der Waals surface area contributed by atoms with Gasteiger partial charge in [0.25, 0.3) is 0 Å². The first-order valence-corrected chi connectivity index (χ1v) is 10.4. The number of carboxylic acid groups (broad SMARTS) is 2. The Labute approximate surface area is 192 Å². The zero-order valence-electron chi connectivity index (χ0n) is 18.2. The van der Waals surface area contributed by atoms with Crippen LogP contribution in [0.4, 0.5) is 0 Å². The number of halogens is 1. The minimum atomic E-state index is -1.26. The maximum absolute atomic E-state index is 12.3. The van der Waals surface area contributed by atoms with Crippen LogP contribution in [-0.4, -0.2) is 53.0 Å². The summed E-state index contributed by atoms with van der Waals surface area (Å²) < 4.78 is 0.984. The van der Waals surface area contributed by atoms with Gasteiger partial charge in [-0.1, -0.05) is 39.7 Å². The molecular weight excluding hydrogens is 462 g/mol. The van der Waals surface area contributed by atoms with Gasteiger partial charge in [-0.15, -0.1) is 6.58 Å². The molecule has 0 saturated heterocycles. The molecule has 168 valence electrons. The monoisotopic (exact) mass is 491 g/mol. The fourth-order valence-corrected chi connectivity index (χ4v) is 2.55. The Morgan fingerprint density at radius 3 is 2.03 bits per heavy atom. The number of benzene rings is 1. The number of carbonyl (C=O) groups excluding carboxylic acids is 1. The maximum Gasteiger partial charge on any atom is 0.328 e. The molecule has 0 atom stereocenters. The number of carbonyl (C=O) groups is 3. The van der Waals surface area contributed by atoms with Crippen molar-refractivity contribution in [2.24, 2.45) is 0 Å². The van der Waals surface area contributed by atoms with E-state index in [1.54, 1.807) is 0 Å². The Morgan fingerprint density at radius 1 is 1.00 bits per heavy atom. The molecule has 0 aliphatic carbocycles. The van der Waals surface area contributed by atoms with Crippen molar-refractivity contribution in [2.45, 2.75) is 26.7 Å². The number of ketones is 1. The second-order valence-corrected chi connectivity index (χ2v) is 7.75. The topological polar surface area (TPSA) is 94.9 Å². The van der Waals surface area contributed by atoms with E-state index < -0.39 is 11.9 Å². The molecule has 0 aliphatic rings. The summed E-state index contributed by atoms with van der Waals surface area (Å²) in [6.07, 6.45) is 9.17. The molecule has 0 amide bonds. The quantitative estimate of drug-likeness (QED) is 0.253. The van der Waals surface area contributed by atoms with Crippen molar-refractivity contribution in [3.05, 3.63) is 82.4 Å². The van der Waals surface area contributed by atoms with Gasteiger partial charge in [-0.05, 0) is 63.6 Å². The molecule has 0 radical (unpaired) electrons. The van der Waals surface area contributed by atoms with Crippen LogP contribution >= 0.6 is 15.9 Å². The van der Waals surface area contributed by atoms with Crippen LogP contribution in [0.5, 0.6) is 0 Å². The average Bonchev–Trinajstić information content (AvgIpc) is 2.71. The lowest BCUT2D eigenvalue weighted by Crippen LogP contribution is -2.18. The molecule has 2 N–H and O–H groups in total. The number of hydrogen-bond acceptors (Lipinski definition) is 4. The predicted octanol–water partition coefficient (Wildman–Crippen LogP) is 5.13. The lowest BCUT2D eigenvalue weighted by Gasteiger charge is -2.11. The van der Waals surface area contributed by atoms with Gasteiger partial charge in [0, 0.05) is 35.3 Å². The fourth-order valence-electron chi connectivity index (χ4n) is 2.29. The Bertz CT molecular complexity index is 822. The Hall–Kier alpha value is -2.77. The van der Waals surface area contributed by atoms with E-state index in [1.165, 1.54) is 5.57 Å². The number of rotatable bonds is 11. The van der Waals surface area contributed by atoms with Crippen molar-refractivity contribution in [3.8, 4) is 0 Å². The van der Waals surface area contributed by atoms with Crippen molar-refractivity contribution >= 4 is 33.7 Å². The number of nitrogens with zero attached hydrogens (tertiary/aromatic N) is 1. The number of aliphatic carboxylic acids is 2. The van der Waals surface area contributed by atoms with Crippen LogP contribution < -0.4 is 0 Å². The minimum Gasteiger partial charge on any atom is -0.478 e. The average molecular weight is 492 g/mol. The van der Waals surface area contributed by atoms with E-state index in [1.807, 2.05) is 43.3 Å². The fraction of sp³-hybridized carbons (Fsp3) is 0.292. The van der Waals surface area contributed by atoms with Crippen LogP contribution in [0.2, 0.25) is 0 Å². The summed E-state index contributed by atoms with van der Waals surface area (Å²) in [5.41, 5.74) is 2.89. The SMILES string of the molecule is C=CCN(C)C/C=C(\C)CC/C=C(\C)C(=O)c1ccc(Br)cc1.O=C(O)/C=C/C(=O)O. The third-order valence-corrected chi connectivity index (χ3v) is 4.54. The summed E-state index contributed by atoms with van der Waals surface area (Å²) in [4.78, 5) is 33.6. The highest BCUT2D eigenvalue weighted by Gasteiger charge is 2.07. The highest BCUT2D eigenvalue weighted by atomic mass is 79.9.